The predicted octanol–water partition coefficient (Wildman–Crippen LogP) is 0.580. The number of halogens is 1. The summed E-state index contributed by atoms with van der Waals surface area (Å²) in [6.45, 7) is 0. The standard InChI is InChI=1S/C6H3ClN4O3/c7-9-5-2-1-4(11(13)14)3-6(5)10(12)8-9/h1-3H. The summed E-state index contributed by atoms with van der Waals surface area (Å²) in [6.07, 6.45) is 0. The summed E-state index contributed by atoms with van der Waals surface area (Å²) >= 11 is 5.52. The fourth-order valence-electron chi connectivity index (χ4n) is 1.10. The molecule has 7 nitrogen and oxygen atoms in total. The summed E-state index contributed by atoms with van der Waals surface area (Å²) < 4.78 is 0.839. The van der Waals surface area contributed by atoms with Crippen molar-refractivity contribution in [3.63, 3.8) is 0 Å². The molecule has 0 saturated carbocycles. The van der Waals surface area contributed by atoms with Gasteiger partial charge in [-0.3, -0.25) is 10.1 Å². The van der Waals surface area contributed by atoms with Gasteiger partial charge in [-0.25, -0.2) is 0 Å². The summed E-state index contributed by atoms with van der Waals surface area (Å²) in [5.41, 5.74) is 0.216. The van der Waals surface area contributed by atoms with E-state index in [2.05, 4.69) is 5.21 Å². The first-order chi connectivity index (χ1) is 6.59. The minimum Gasteiger partial charge on any atom is -0.691 e. The smallest absolute Gasteiger partial charge is 0.274 e. The van der Waals surface area contributed by atoms with Crippen molar-refractivity contribution in [2.45, 2.75) is 0 Å². The second-order valence-electron chi connectivity index (χ2n) is 2.55. The molecule has 0 aliphatic rings. The first kappa shape index (κ1) is 8.70. The maximum Gasteiger partial charge on any atom is 0.274 e. The third kappa shape index (κ3) is 1.14. The molecule has 1 heterocycles. The monoisotopic (exact) mass is 214 g/mol. The highest BCUT2D eigenvalue weighted by Gasteiger charge is 2.17. The molecule has 0 unspecified atom stereocenters. The highest BCUT2D eigenvalue weighted by Crippen LogP contribution is 2.17. The van der Waals surface area contributed by atoms with Gasteiger partial charge in [0.25, 0.3) is 5.69 Å². The normalized spacial score (nSPS) is 10.6. The SMILES string of the molecule is O=[N+]([O-])c1ccc2c(c1)[n+]([O-])nn2Cl. The fraction of sp³-hybridized carbons (Fsp3) is 0. The van der Waals surface area contributed by atoms with E-state index in [1.807, 2.05) is 0 Å². The Labute approximate surface area is 81.9 Å². The van der Waals surface area contributed by atoms with Crippen LogP contribution in [-0.4, -0.2) is 14.3 Å². The van der Waals surface area contributed by atoms with E-state index in [1.165, 1.54) is 12.1 Å². The molecule has 0 amide bonds. The number of nitrogens with zero attached hydrogens (tertiary/aromatic N) is 4. The first-order valence-electron chi connectivity index (χ1n) is 3.53. The minimum atomic E-state index is -0.592. The van der Waals surface area contributed by atoms with Crippen LogP contribution in [-0.2, 0) is 0 Å². The lowest BCUT2D eigenvalue weighted by Crippen LogP contribution is -2.28. The number of aromatic nitrogens is 3. The van der Waals surface area contributed by atoms with Crippen LogP contribution in [0.25, 0.3) is 11.0 Å². The second kappa shape index (κ2) is 2.81. The molecule has 8 heteroatoms. The molecule has 0 spiro atoms. The quantitative estimate of drug-likeness (QED) is 0.301. The van der Waals surface area contributed by atoms with Crippen LogP contribution in [0.2, 0.25) is 0 Å². The van der Waals surface area contributed by atoms with Crippen LogP contribution in [0.15, 0.2) is 18.2 Å². The van der Waals surface area contributed by atoms with Crippen molar-refractivity contribution >= 4 is 28.5 Å². The zero-order chi connectivity index (χ0) is 10.3. The number of hydrogen-bond acceptors (Lipinski definition) is 4. The Morgan fingerprint density at radius 3 is 2.93 bits per heavy atom. The molecule has 0 fully saturated rings. The van der Waals surface area contributed by atoms with Crippen molar-refractivity contribution in [3.8, 4) is 0 Å². The molecule has 0 N–H and O–H groups in total. The van der Waals surface area contributed by atoms with Gasteiger partial charge in [0.15, 0.2) is 11.8 Å². The summed E-state index contributed by atoms with van der Waals surface area (Å²) in [4.78, 5) is 10.0. The lowest BCUT2D eigenvalue weighted by atomic mass is 10.3. The summed E-state index contributed by atoms with van der Waals surface area (Å²) in [5.74, 6) is 0. The van der Waals surface area contributed by atoms with E-state index in [0.717, 1.165) is 10.3 Å². The zero-order valence-electron chi connectivity index (χ0n) is 6.62. The average Bonchev–Trinajstić information content (AvgIpc) is 2.42. The third-order valence-corrected chi connectivity index (χ3v) is 1.98. The maximum absolute atomic E-state index is 11.1. The molecule has 0 aliphatic heterocycles. The number of non-ortho nitro benzene ring substituents is 1. The van der Waals surface area contributed by atoms with Gasteiger partial charge in [-0.1, -0.05) is 0 Å². The van der Waals surface area contributed by atoms with E-state index in [-0.39, 0.29) is 16.0 Å². The van der Waals surface area contributed by atoms with Crippen molar-refractivity contribution < 1.29 is 9.77 Å². The van der Waals surface area contributed by atoms with Crippen LogP contribution in [0.5, 0.6) is 0 Å². The van der Waals surface area contributed by atoms with Crippen molar-refractivity contribution in [2.75, 3.05) is 0 Å². The van der Waals surface area contributed by atoms with E-state index < -0.39 is 4.92 Å². The van der Waals surface area contributed by atoms with E-state index >= 15 is 0 Å². The van der Waals surface area contributed by atoms with E-state index in [4.69, 9.17) is 11.8 Å². The molecular weight excluding hydrogens is 212 g/mol. The number of nitro groups is 1. The number of hydrogen-bond donors (Lipinski definition) is 0. The molecular formula is C6H3ClN4O3. The van der Waals surface area contributed by atoms with Crippen LogP contribution >= 0.6 is 11.8 Å². The van der Waals surface area contributed by atoms with Gasteiger partial charge in [0.05, 0.1) is 11.0 Å². The summed E-state index contributed by atoms with van der Waals surface area (Å²) in [6, 6.07) is 3.74. The molecule has 0 aliphatic carbocycles. The Morgan fingerprint density at radius 2 is 2.29 bits per heavy atom. The second-order valence-corrected chi connectivity index (χ2v) is 2.87. The lowest BCUT2D eigenvalue weighted by Gasteiger charge is -1.91. The van der Waals surface area contributed by atoms with E-state index in [1.54, 1.807) is 0 Å². The van der Waals surface area contributed by atoms with E-state index in [9.17, 15) is 15.3 Å². The molecule has 1 aromatic carbocycles. The molecule has 72 valence electrons. The maximum atomic E-state index is 11.1. The average molecular weight is 215 g/mol. The number of nitro benzene ring substituents is 1. The molecule has 2 aromatic rings. The molecule has 0 saturated heterocycles. The number of rotatable bonds is 1. The fourth-order valence-corrected chi connectivity index (χ4v) is 1.31. The van der Waals surface area contributed by atoms with Gasteiger partial charge in [-0.15, -0.1) is 4.85 Å². The van der Waals surface area contributed by atoms with Crippen LogP contribution in [0.1, 0.15) is 0 Å². The highest BCUT2D eigenvalue weighted by molar-refractivity contribution is 6.17. The van der Waals surface area contributed by atoms with E-state index in [0.29, 0.717) is 5.52 Å². The lowest BCUT2D eigenvalue weighted by molar-refractivity contribution is -0.645. The molecule has 0 bridgehead atoms. The number of fused-ring (bicyclic) bond motifs is 1. The van der Waals surface area contributed by atoms with Crippen LogP contribution in [0.4, 0.5) is 5.69 Å². The molecule has 1 aromatic heterocycles. The Morgan fingerprint density at radius 1 is 1.57 bits per heavy atom. The largest absolute Gasteiger partial charge is 0.691 e. The molecule has 0 radical (unpaired) electrons. The van der Waals surface area contributed by atoms with Gasteiger partial charge in [0.2, 0.25) is 11.0 Å². The highest BCUT2D eigenvalue weighted by atomic mass is 35.5. The van der Waals surface area contributed by atoms with Crippen molar-refractivity contribution in [1.29, 1.82) is 0 Å². The topological polar surface area (TPSA) is 87.9 Å². The van der Waals surface area contributed by atoms with Gasteiger partial charge in [-0.2, -0.15) is 0 Å². The molecule has 14 heavy (non-hydrogen) atoms. The Balaban J connectivity index is 2.77. The zero-order valence-corrected chi connectivity index (χ0v) is 7.38. The van der Waals surface area contributed by atoms with Crippen LogP contribution < -0.4 is 4.85 Å². The van der Waals surface area contributed by atoms with Crippen LogP contribution in [0.3, 0.4) is 0 Å². The summed E-state index contributed by atoms with van der Waals surface area (Å²) in [5, 5.41) is 24.8. The van der Waals surface area contributed by atoms with Gasteiger partial charge in [0.1, 0.15) is 5.21 Å². The van der Waals surface area contributed by atoms with Gasteiger partial charge >= 0.3 is 0 Å². The van der Waals surface area contributed by atoms with Gasteiger partial charge in [0, 0.05) is 12.1 Å². The Hall–Kier alpha value is -1.89. The Kier molecular flexibility index (Phi) is 1.74. The van der Waals surface area contributed by atoms with Crippen LogP contribution in [0, 0.1) is 15.3 Å². The molecule has 2 rings (SSSR count). The first-order valence-corrected chi connectivity index (χ1v) is 3.86. The Bertz CT molecular complexity index is 523. The van der Waals surface area contributed by atoms with Gasteiger partial charge < -0.3 is 5.21 Å². The predicted molar refractivity (Wildman–Crippen MR) is 46.6 cm³/mol. The third-order valence-electron chi connectivity index (χ3n) is 1.73. The van der Waals surface area contributed by atoms with Crippen molar-refractivity contribution in [1.82, 2.24) is 9.41 Å². The van der Waals surface area contributed by atoms with Crippen molar-refractivity contribution in [2.24, 2.45) is 0 Å². The van der Waals surface area contributed by atoms with Gasteiger partial charge in [-0.05, 0) is 4.20 Å². The summed E-state index contributed by atoms with van der Waals surface area (Å²) in [7, 11) is 0. The number of benzene rings is 1. The minimum absolute atomic E-state index is 0.0641. The molecule has 0 atom stereocenters. The van der Waals surface area contributed by atoms with Crippen molar-refractivity contribution in [3.05, 3.63) is 33.5 Å².